The Kier molecular flexibility index (Phi) is 5.24. The number of nitrogens with one attached hydrogen (secondary N) is 1. The maximum atomic E-state index is 13.6. The number of aliphatic carboxylic acids is 1. The number of rotatable bonds is 6. The highest BCUT2D eigenvalue weighted by molar-refractivity contribution is 7.89. The van der Waals surface area contributed by atoms with Gasteiger partial charge >= 0.3 is 5.97 Å². The molecule has 0 aliphatic rings. The van der Waals surface area contributed by atoms with Crippen molar-refractivity contribution in [3.63, 3.8) is 0 Å². The first kappa shape index (κ1) is 16.6. The predicted molar refractivity (Wildman–Crippen MR) is 72.3 cm³/mol. The smallest absolute Gasteiger partial charge is 0.322 e. The zero-order valence-corrected chi connectivity index (χ0v) is 12.4. The first-order valence-corrected chi connectivity index (χ1v) is 7.68. The molecule has 1 rings (SSSR count). The number of carbonyl (C=O) groups is 1. The second-order valence-corrected chi connectivity index (χ2v) is 6.44. The van der Waals surface area contributed by atoms with Gasteiger partial charge in [-0.15, -0.1) is 0 Å². The molecule has 0 aromatic heterocycles. The van der Waals surface area contributed by atoms with Crippen LogP contribution < -0.4 is 4.72 Å². The van der Waals surface area contributed by atoms with Gasteiger partial charge in [-0.25, -0.2) is 12.8 Å². The normalized spacial score (nSPS) is 14.8. The Morgan fingerprint density at radius 2 is 2.05 bits per heavy atom. The van der Waals surface area contributed by atoms with Gasteiger partial charge in [0.1, 0.15) is 16.8 Å². The third-order valence-electron chi connectivity index (χ3n) is 3.14. The Balaban J connectivity index is 3.16. The molecule has 2 unspecified atom stereocenters. The van der Waals surface area contributed by atoms with E-state index in [0.717, 1.165) is 6.07 Å². The Bertz CT molecular complexity index is 600. The van der Waals surface area contributed by atoms with Gasteiger partial charge in [-0.2, -0.15) is 4.72 Å². The van der Waals surface area contributed by atoms with Crippen molar-refractivity contribution >= 4 is 16.0 Å². The van der Waals surface area contributed by atoms with Crippen molar-refractivity contribution in [3.8, 4) is 0 Å². The van der Waals surface area contributed by atoms with Gasteiger partial charge in [0, 0.05) is 0 Å². The average Bonchev–Trinajstić information content (AvgIpc) is 2.37. The number of sulfonamides is 1. The Labute approximate surface area is 117 Å². The van der Waals surface area contributed by atoms with Gasteiger partial charge in [-0.05, 0) is 30.5 Å². The lowest BCUT2D eigenvalue weighted by molar-refractivity contribution is -0.140. The lowest BCUT2D eigenvalue weighted by Gasteiger charge is -2.20. The molecule has 0 radical (unpaired) electrons. The lowest BCUT2D eigenvalue weighted by Crippen LogP contribution is -2.45. The van der Waals surface area contributed by atoms with Crippen LogP contribution in [0.4, 0.5) is 4.39 Å². The highest BCUT2D eigenvalue weighted by Crippen LogP contribution is 2.18. The molecule has 0 heterocycles. The molecule has 0 saturated heterocycles. The number of hydrogen-bond donors (Lipinski definition) is 2. The maximum absolute atomic E-state index is 13.6. The van der Waals surface area contributed by atoms with Crippen LogP contribution in [0, 0.1) is 18.7 Å². The third kappa shape index (κ3) is 3.77. The van der Waals surface area contributed by atoms with E-state index < -0.39 is 38.7 Å². The van der Waals surface area contributed by atoms with Crippen molar-refractivity contribution in [2.45, 2.75) is 38.1 Å². The molecule has 0 spiro atoms. The molecular weight excluding hydrogens is 285 g/mol. The molecule has 0 aliphatic carbocycles. The van der Waals surface area contributed by atoms with Crippen LogP contribution in [0.25, 0.3) is 0 Å². The number of aryl methyl sites for hydroxylation is 1. The Hall–Kier alpha value is -1.47. The summed E-state index contributed by atoms with van der Waals surface area (Å²) in [6.07, 6.45) is 0.482. The number of halogens is 1. The maximum Gasteiger partial charge on any atom is 0.322 e. The molecule has 0 fully saturated rings. The van der Waals surface area contributed by atoms with Crippen LogP contribution in [-0.2, 0) is 14.8 Å². The van der Waals surface area contributed by atoms with E-state index in [1.54, 1.807) is 20.8 Å². The van der Waals surface area contributed by atoms with Gasteiger partial charge in [-0.1, -0.05) is 26.3 Å². The minimum atomic E-state index is -4.22. The van der Waals surface area contributed by atoms with Gasteiger partial charge < -0.3 is 5.11 Å². The summed E-state index contributed by atoms with van der Waals surface area (Å²) >= 11 is 0. The van der Waals surface area contributed by atoms with E-state index in [4.69, 9.17) is 5.11 Å². The number of carboxylic acids is 1. The summed E-state index contributed by atoms with van der Waals surface area (Å²) in [6, 6.07) is 2.37. The first-order chi connectivity index (χ1) is 9.19. The summed E-state index contributed by atoms with van der Waals surface area (Å²) in [5.41, 5.74) is 0.571. The van der Waals surface area contributed by atoms with Crippen molar-refractivity contribution in [1.82, 2.24) is 4.72 Å². The van der Waals surface area contributed by atoms with Crippen LogP contribution in [0.15, 0.2) is 23.1 Å². The Morgan fingerprint density at radius 3 is 2.55 bits per heavy atom. The fraction of sp³-hybridized carbons (Fsp3) is 0.462. The highest BCUT2D eigenvalue weighted by atomic mass is 32.2. The quantitative estimate of drug-likeness (QED) is 0.841. The van der Waals surface area contributed by atoms with Crippen LogP contribution in [-0.4, -0.2) is 25.5 Å². The van der Waals surface area contributed by atoms with Gasteiger partial charge in [0.2, 0.25) is 10.0 Å². The summed E-state index contributed by atoms with van der Waals surface area (Å²) in [5, 5.41) is 9.09. The van der Waals surface area contributed by atoms with Crippen molar-refractivity contribution in [2.24, 2.45) is 5.92 Å². The highest BCUT2D eigenvalue weighted by Gasteiger charge is 2.30. The molecule has 0 amide bonds. The van der Waals surface area contributed by atoms with Gasteiger partial charge in [0.25, 0.3) is 0 Å². The molecule has 1 aromatic rings. The lowest BCUT2D eigenvalue weighted by atomic mass is 10.0. The number of benzene rings is 1. The van der Waals surface area contributed by atoms with E-state index in [9.17, 15) is 17.6 Å². The van der Waals surface area contributed by atoms with Crippen LogP contribution in [0.1, 0.15) is 25.8 Å². The summed E-state index contributed by atoms with van der Waals surface area (Å²) < 4.78 is 39.9. The molecule has 2 N–H and O–H groups in total. The summed E-state index contributed by atoms with van der Waals surface area (Å²) in [6.45, 7) is 5.00. The van der Waals surface area contributed by atoms with E-state index in [1.807, 2.05) is 0 Å². The molecule has 20 heavy (non-hydrogen) atoms. The van der Waals surface area contributed by atoms with E-state index in [0.29, 0.717) is 12.0 Å². The molecule has 112 valence electrons. The standard InChI is InChI=1S/C13H18FNO4S/c1-4-9(3)12(13(16)17)15-20(18,19)11-7-8(2)5-6-10(11)14/h5-7,9,12,15H,4H2,1-3H3,(H,16,17). The molecule has 7 heteroatoms. The first-order valence-electron chi connectivity index (χ1n) is 6.20. The minimum Gasteiger partial charge on any atom is -0.480 e. The SMILES string of the molecule is CCC(C)C(NS(=O)(=O)c1cc(C)ccc1F)C(=O)O. The van der Waals surface area contributed by atoms with Gasteiger partial charge in [0.05, 0.1) is 0 Å². The molecule has 0 aliphatic heterocycles. The number of hydrogen-bond acceptors (Lipinski definition) is 3. The van der Waals surface area contributed by atoms with Gasteiger partial charge in [0.15, 0.2) is 0 Å². The number of carboxylic acid groups (broad SMARTS) is 1. The zero-order valence-electron chi connectivity index (χ0n) is 11.6. The summed E-state index contributed by atoms with van der Waals surface area (Å²) in [4.78, 5) is 10.6. The van der Waals surface area contributed by atoms with Crippen LogP contribution in [0.5, 0.6) is 0 Å². The molecule has 1 aromatic carbocycles. The van der Waals surface area contributed by atoms with Crippen LogP contribution in [0.2, 0.25) is 0 Å². The summed E-state index contributed by atoms with van der Waals surface area (Å²) in [5.74, 6) is -2.59. The van der Waals surface area contributed by atoms with Gasteiger partial charge in [-0.3, -0.25) is 4.79 Å². The molecular formula is C13H18FNO4S. The van der Waals surface area contributed by atoms with E-state index in [1.165, 1.54) is 12.1 Å². The second kappa shape index (κ2) is 6.32. The van der Waals surface area contributed by atoms with Crippen molar-refractivity contribution in [3.05, 3.63) is 29.6 Å². The predicted octanol–water partition coefficient (Wildman–Crippen LogP) is 1.91. The second-order valence-electron chi connectivity index (χ2n) is 4.76. The van der Waals surface area contributed by atoms with E-state index in [-0.39, 0.29) is 0 Å². The topological polar surface area (TPSA) is 83.5 Å². The van der Waals surface area contributed by atoms with Crippen molar-refractivity contribution in [1.29, 1.82) is 0 Å². The van der Waals surface area contributed by atoms with Crippen LogP contribution in [0.3, 0.4) is 0 Å². The molecule has 2 atom stereocenters. The van der Waals surface area contributed by atoms with E-state index >= 15 is 0 Å². The monoisotopic (exact) mass is 303 g/mol. The van der Waals surface area contributed by atoms with Crippen LogP contribution >= 0.6 is 0 Å². The fourth-order valence-corrected chi connectivity index (χ4v) is 3.15. The minimum absolute atomic E-state index is 0.407. The summed E-state index contributed by atoms with van der Waals surface area (Å²) in [7, 11) is -4.22. The zero-order chi connectivity index (χ0) is 15.5. The Morgan fingerprint density at radius 1 is 1.45 bits per heavy atom. The van der Waals surface area contributed by atoms with Crippen molar-refractivity contribution < 1.29 is 22.7 Å². The van der Waals surface area contributed by atoms with E-state index in [2.05, 4.69) is 4.72 Å². The molecule has 0 bridgehead atoms. The average molecular weight is 303 g/mol. The largest absolute Gasteiger partial charge is 0.480 e. The molecule has 0 saturated carbocycles. The fourth-order valence-electron chi connectivity index (χ4n) is 1.69. The third-order valence-corrected chi connectivity index (χ3v) is 4.59. The van der Waals surface area contributed by atoms with Crippen molar-refractivity contribution in [2.75, 3.05) is 0 Å². The molecule has 5 nitrogen and oxygen atoms in total.